The highest BCUT2D eigenvalue weighted by Crippen LogP contribution is 2.34. The number of piperazine rings is 1. The number of likely N-dealkylation sites (N-methyl/N-ethyl adjacent to an activating group) is 1. The van der Waals surface area contributed by atoms with Crippen molar-refractivity contribution in [2.24, 2.45) is 0 Å². The Morgan fingerprint density at radius 3 is 2.56 bits per heavy atom. The maximum atomic E-state index is 13.4. The fraction of sp³-hybridized carbons (Fsp3) is 0.593. The van der Waals surface area contributed by atoms with Crippen molar-refractivity contribution in [3.05, 3.63) is 46.2 Å². The smallest absolute Gasteiger partial charge is 0.338 e. The molecule has 198 valence electrons. The zero-order valence-electron chi connectivity index (χ0n) is 22.5. The second-order valence-corrected chi connectivity index (χ2v) is 9.58. The summed E-state index contributed by atoms with van der Waals surface area (Å²) in [6.07, 6.45) is 0.890. The number of urea groups is 2. The van der Waals surface area contributed by atoms with E-state index in [9.17, 15) is 14.4 Å². The van der Waals surface area contributed by atoms with Crippen LogP contribution >= 0.6 is 0 Å². The highest BCUT2D eigenvalue weighted by Gasteiger charge is 2.39. The summed E-state index contributed by atoms with van der Waals surface area (Å²) >= 11 is 0. The predicted molar refractivity (Wildman–Crippen MR) is 140 cm³/mol. The average molecular weight is 500 g/mol. The largest absolute Gasteiger partial charge is 0.463 e. The Morgan fingerprint density at radius 1 is 1.17 bits per heavy atom. The minimum Gasteiger partial charge on any atom is -0.463 e. The van der Waals surface area contributed by atoms with E-state index in [0.29, 0.717) is 50.5 Å². The molecule has 0 aliphatic carbocycles. The molecular weight excluding hydrogens is 458 g/mol. The molecular formula is C27H41N5O4. The fourth-order valence-corrected chi connectivity index (χ4v) is 4.99. The first kappa shape index (κ1) is 27.5. The standard InChI is InChI=1S/C27H41N5O4/c1-7-12-28-26(34)32-14-13-30(16-20(32)6)17-22-23(25(33)36-9-3)24(29-27(35)31(22)8-2)21-15-18(4)10-11-19(21)5/h10-11,15,20,24H,7-9,12-14,16-17H2,1-6H3,(H,28,34)(H,29,35)/t20-,24+/m0/s1. The summed E-state index contributed by atoms with van der Waals surface area (Å²) < 4.78 is 5.50. The lowest BCUT2D eigenvalue weighted by Gasteiger charge is -2.43. The number of rotatable bonds is 8. The third kappa shape index (κ3) is 6.00. The molecule has 1 aromatic carbocycles. The molecule has 9 nitrogen and oxygen atoms in total. The number of nitrogens with zero attached hydrogens (tertiary/aromatic N) is 3. The fourth-order valence-electron chi connectivity index (χ4n) is 4.99. The first-order valence-electron chi connectivity index (χ1n) is 13.0. The number of nitrogens with one attached hydrogen (secondary N) is 2. The van der Waals surface area contributed by atoms with Gasteiger partial charge in [0.1, 0.15) is 0 Å². The van der Waals surface area contributed by atoms with Crippen molar-refractivity contribution in [3.63, 3.8) is 0 Å². The second kappa shape index (κ2) is 12.3. The lowest BCUT2D eigenvalue weighted by molar-refractivity contribution is -0.139. The number of ether oxygens (including phenoxy) is 1. The van der Waals surface area contributed by atoms with E-state index in [1.807, 2.05) is 57.7 Å². The second-order valence-electron chi connectivity index (χ2n) is 9.58. The van der Waals surface area contributed by atoms with Gasteiger partial charge in [-0.2, -0.15) is 0 Å². The van der Waals surface area contributed by atoms with E-state index in [0.717, 1.165) is 23.1 Å². The number of benzene rings is 1. The molecule has 2 aliphatic rings. The van der Waals surface area contributed by atoms with Crippen molar-refractivity contribution in [1.82, 2.24) is 25.3 Å². The Morgan fingerprint density at radius 2 is 1.92 bits per heavy atom. The molecule has 0 spiro atoms. The molecule has 1 aromatic rings. The molecule has 4 amide bonds. The van der Waals surface area contributed by atoms with Gasteiger partial charge in [0.15, 0.2) is 0 Å². The molecule has 9 heteroatoms. The summed E-state index contributed by atoms with van der Waals surface area (Å²) in [6.45, 7) is 15.4. The van der Waals surface area contributed by atoms with Crippen molar-refractivity contribution in [2.75, 3.05) is 45.9 Å². The molecule has 2 aliphatic heterocycles. The van der Waals surface area contributed by atoms with Gasteiger partial charge in [-0.15, -0.1) is 0 Å². The van der Waals surface area contributed by atoms with E-state index < -0.39 is 12.0 Å². The minimum absolute atomic E-state index is 0.00422. The van der Waals surface area contributed by atoms with E-state index in [-0.39, 0.29) is 24.7 Å². The van der Waals surface area contributed by atoms with Crippen LogP contribution in [0.3, 0.4) is 0 Å². The zero-order chi connectivity index (χ0) is 26.4. The van der Waals surface area contributed by atoms with Crippen LogP contribution in [0.5, 0.6) is 0 Å². The Labute approximate surface area is 214 Å². The molecule has 0 bridgehead atoms. The summed E-state index contributed by atoms with van der Waals surface area (Å²) in [5.41, 5.74) is 4.09. The SMILES string of the molecule is CCCNC(=O)N1CCN(CC2=C(C(=O)OCC)[C@@H](c3cc(C)ccc3C)NC(=O)N2CC)C[C@@H]1C. The summed E-state index contributed by atoms with van der Waals surface area (Å²) in [5.74, 6) is -0.414. The van der Waals surface area contributed by atoms with Crippen LogP contribution in [0.15, 0.2) is 29.5 Å². The van der Waals surface area contributed by atoms with Crippen LogP contribution in [0.2, 0.25) is 0 Å². The average Bonchev–Trinajstić information content (AvgIpc) is 2.84. The Balaban J connectivity index is 1.97. The first-order chi connectivity index (χ1) is 17.2. The Hall–Kier alpha value is -3.07. The van der Waals surface area contributed by atoms with Crippen molar-refractivity contribution in [2.45, 2.75) is 60.0 Å². The number of hydrogen-bond acceptors (Lipinski definition) is 5. The number of aryl methyl sites for hydroxylation is 2. The molecule has 36 heavy (non-hydrogen) atoms. The van der Waals surface area contributed by atoms with Crippen LogP contribution in [0, 0.1) is 13.8 Å². The first-order valence-corrected chi connectivity index (χ1v) is 13.0. The highest BCUT2D eigenvalue weighted by atomic mass is 16.5. The van der Waals surface area contributed by atoms with E-state index >= 15 is 0 Å². The van der Waals surface area contributed by atoms with Gasteiger partial charge >= 0.3 is 18.0 Å². The number of carbonyl (C=O) groups excluding carboxylic acids is 3. The topological polar surface area (TPSA) is 94.2 Å². The third-order valence-corrected chi connectivity index (χ3v) is 6.87. The summed E-state index contributed by atoms with van der Waals surface area (Å²) in [5, 5.41) is 6.01. The van der Waals surface area contributed by atoms with Gasteiger partial charge in [-0.3, -0.25) is 9.80 Å². The summed E-state index contributed by atoms with van der Waals surface area (Å²) in [6, 6.07) is 5.20. The van der Waals surface area contributed by atoms with E-state index in [4.69, 9.17) is 4.74 Å². The lowest BCUT2D eigenvalue weighted by atomic mass is 9.90. The van der Waals surface area contributed by atoms with Crippen molar-refractivity contribution in [1.29, 1.82) is 0 Å². The van der Waals surface area contributed by atoms with Gasteiger partial charge < -0.3 is 20.3 Å². The number of hydrogen-bond donors (Lipinski definition) is 2. The summed E-state index contributed by atoms with van der Waals surface area (Å²) in [4.78, 5) is 44.9. The van der Waals surface area contributed by atoms with Crippen molar-refractivity contribution < 1.29 is 19.1 Å². The molecule has 2 atom stereocenters. The van der Waals surface area contributed by atoms with E-state index in [1.54, 1.807) is 11.8 Å². The molecule has 1 fully saturated rings. The molecule has 0 saturated carbocycles. The number of carbonyl (C=O) groups is 3. The van der Waals surface area contributed by atoms with Crippen LogP contribution < -0.4 is 10.6 Å². The molecule has 2 N–H and O–H groups in total. The molecule has 3 rings (SSSR count). The number of amides is 4. The maximum Gasteiger partial charge on any atom is 0.338 e. The minimum atomic E-state index is -0.590. The van der Waals surface area contributed by atoms with Gasteiger partial charge in [-0.1, -0.05) is 30.7 Å². The van der Waals surface area contributed by atoms with Gasteiger partial charge in [0, 0.05) is 51.0 Å². The molecule has 1 saturated heterocycles. The Kier molecular flexibility index (Phi) is 9.37. The zero-order valence-corrected chi connectivity index (χ0v) is 22.5. The van der Waals surface area contributed by atoms with Gasteiger partial charge in [0.05, 0.1) is 18.2 Å². The predicted octanol–water partition coefficient (Wildman–Crippen LogP) is 3.33. The van der Waals surface area contributed by atoms with Crippen LogP contribution in [-0.4, -0.2) is 84.6 Å². The van der Waals surface area contributed by atoms with Crippen molar-refractivity contribution >= 4 is 18.0 Å². The quantitative estimate of drug-likeness (QED) is 0.535. The molecule has 0 aromatic heterocycles. The van der Waals surface area contributed by atoms with Gasteiger partial charge in [-0.05, 0) is 52.2 Å². The third-order valence-electron chi connectivity index (χ3n) is 6.87. The van der Waals surface area contributed by atoms with Gasteiger partial charge in [0.2, 0.25) is 0 Å². The number of esters is 1. The molecule has 2 heterocycles. The van der Waals surface area contributed by atoms with Crippen LogP contribution in [0.1, 0.15) is 56.8 Å². The van der Waals surface area contributed by atoms with Gasteiger partial charge in [0.25, 0.3) is 0 Å². The van der Waals surface area contributed by atoms with Crippen LogP contribution in [0.25, 0.3) is 0 Å². The normalized spacial score (nSPS) is 20.9. The van der Waals surface area contributed by atoms with E-state index in [1.165, 1.54) is 0 Å². The monoisotopic (exact) mass is 499 g/mol. The molecule has 0 unspecified atom stereocenters. The van der Waals surface area contributed by atoms with Crippen LogP contribution in [0.4, 0.5) is 9.59 Å². The van der Waals surface area contributed by atoms with Crippen molar-refractivity contribution in [3.8, 4) is 0 Å². The van der Waals surface area contributed by atoms with E-state index in [2.05, 4.69) is 15.5 Å². The lowest BCUT2D eigenvalue weighted by Crippen LogP contribution is -2.58. The molecule has 0 radical (unpaired) electrons. The summed E-state index contributed by atoms with van der Waals surface area (Å²) in [7, 11) is 0. The Bertz CT molecular complexity index is 1010. The van der Waals surface area contributed by atoms with Gasteiger partial charge in [-0.25, -0.2) is 14.4 Å². The maximum absolute atomic E-state index is 13.4. The highest BCUT2D eigenvalue weighted by molar-refractivity contribution is 5.95. The van der Waals surface area contributed by atoms with Crippen LogP contribution in [-0.2, 0) is 9.53 Å².